The Morgan fingerprint density at radius 3 is 2.06 bits per heavy atom. The summed E-state index contributed by atoms with van der Waals surface area (Å²) < 4.78 is 26.6. The molecule has 0 N–H and O–H groups in total. The van der Waals surface area contributed by atoms with Gasteiger partial charge >= 0.3 is 8.80 Å². The highest BCUT2D eigenvalue weighted by Gasteiger charge is 2.45. The molecule has 0 aromatic heterocycles. The molecule has 0 saturated heterocycles. The molecule has 0 aliphatic heterocycles. The van der Waals surface area contributed by atoms with Crippen LogP contribution in [0.2, 0.25) is 0 Å². The predicted octanol–water partition coefficient (Wildman–Crippen LogP) is 1.36. The minimum Gasteiger partial charge on any atom is -0.499 e. The van der Waals surface area contributed by atoms with Gasteiger partial charge in [-0.15, -0.1) is 0 Å². The number of allylic oxidation sites excluding steroid dienone is 1. The van der Waals surface area contributed by atoms with Crippen LogP contribution < -0.4 is 0 Å². The fourth-order valence-electron chi connectivity index (χ4n) is 1.29. The third-order valence-electron chi connectivity index (χ3n) is 2.15. The van der Waals surface area contributed by atoms with Crippen molar-refractivity contribution in [2.75, 3.05) is 34.5 Å². The number of hydrogen-bond acceptors (Lipinski definition) is 5. The molecule has 1 atom stereocenters. The van der Waals surface area contributed by atoms with Gasteiger partial charge in [-0.2, -0.15) is 0 Å². The molecule has 5 nitrogen and oxygen atoms in total. The van der Waals surface area contributed by atoms with Crippen LogP contribution >= 0.6 is 0 Å². The van der Waals surface area contributed by atoms with Crippen LogP contribution in [0.3, 0.4) is 0 Å². The third kappa shape index (κ3) is 4.63. The first-order chi connectivity index (χ1) is 7.66. The molecule has 0 aromatic rings. The molecule has 0 amide bonds. The second-order valence-corrected chi connectivity index (χ2v) is 6.31. The van der Waals surface area contributed by atoms with Crippen molar-refractivity contribution in [1.29, 1.82) is 0 Å². The minimum absolute atomic E-state index is 0.221. The van der Waals surface area contributed by atoms with Crippen molar-refractivity contribution in [3.63, 3.8) is 0 Å². The number of rotatable bonds is 9. The molecule has 0 aliphatic carbocycles. The van der Waals surface area contributed by atoms with Gasteiger partial charge in [-0.3, -0.25) is 0 Å². The minimum atomic E-state index is -2.69. The molecule has 0 aromatic carbocycles. The van der Waals surface area contributed by atoms with Gasteiger partial charge in [0, 0.05) is 21.3 Å². The maximum Gasteiger partial charge on any atom is 0.530 e. The van der Waals surface area contributed by atoms with Crippen LogP contribution in [0, 0.1) is 0 Å². The average molecular weight is 250 g/mol. The molecular formula is C10H22O5Si. The highest BCUT2D eigenvalue weighted by molar-refractivity contribution is 6.61. The van der Waals surface area contributed by atoms with E-state index >= 15 is 0 Å². The Bertz CT molecular complexity index is 185. The third-order valence-corrected chi connectivity index (χ3v) is 5.02. The van der Waals surface area contributed by atoms with Gasteiger partial charge in [-0.05, 0) is 13.8 Å². The Balaban J connectivity index is 3.96. The van der Waals surface area contributed by atoms with Crippen molar-refractivity contribution < 1.29 is 22.8 Å². The average Bonchev–Trinajstić information content (AvgIpc) is 2.32. The maximum absolute atomic E-state index is 5.55. The van der Waals surface area contributed by atoms with E-state index in [1.807, 2.05) is 19.9 Å². The summed E-state index contributed by atoms with van der Waals surface area (Å²) in [6.07, 6.45) is 3.45. The summed E-state index contributed by atoms with van der Waals surface area (Å²) in [6, 6.07) is 0. The standard InChI is InChI=1S/C10H22O5Si/c1-6-7-14-8-9-15-10(2)16(11-3,12-4)13-5/h6-7,10H,8-9H2,1-5H3/b7-6+. The molecule has 0 heterocycles. The van der Waals surface area contributed by atoms with Gasteiger partial charge in [0.15, 0.2) is 0 Å². The van der Waals surface area contributed by atoms with Gasteiger partial charge in [0.1, 0.15) is 12.3 Å². The molecule has 0 saturated carbocycles. The van der Waals surface area contributed by atoms with Gasteiger partial charge in [0.05, 0.1) is 12.9 Å². The lowest BCUT2D eigenvalue weighted by atomic mass is 10.7. The van der Waals surface area contributed by atoms with Crippen LogP contribution in [0.4, 0.5) is 0 Å². The lowest BCUT2D eigenvalue weighted by Crippen LogP contribution is -2.54. The van der Waals surface area contributed by atoms with Crippen molar-refractivity contribution in [3.05, 3.63) is 12.3 Å². The van der Waals surface area contributed by atoms with Crippen molar-refractivity contribution in [2.45, 2.75) is 19.6 Å². The first kappa shape index (κ1) is 15.6. The molecule has 0 aliphatic rings. The van der Waals surface area contributed by atoms with Gasteiger partial charge < -0.3 is 22.8 Å². The van der Waals surface area contributed by atoms with Gasteiger partial charge in [0.2, 0.25) is 0 Å². The Kier molecular flexibility index (Phi) is 8.50. The van der Waals surface area contributed by atoms with Crippen LogP contribution in [0.5, 0.6) is 0 Å². The van der Waals surface area contributed by atoms with E-state index in [9.17, 15) is 0 Å². The normalized spacial score (nSPS) is 14.3. The molecule has 1 unspecified atom stereocenters. The molecule has 16 heavy (non-hydrogen) atoms. The molecule has 0 radical (unpaired) electrons. The largest absolute Gasteiger partial charge is 0.530 e. The first-order valence-electron chi connectivity index (χ1n) is 5.16. The van der Waals surface area contributed by atoms with E-state index in [0.717, 1.165) is 0 Å². The first-order valence-corrected chi connectivity index (χ1v) is 6.96. The highest BCUT2D eigenvalue weighted by Crippen LogP contribution is 2.14. The van der Waals surface area contributed by atoms with Gasteiger partial charge in [0.25, 0.3) is 0 Å². The topological polar surface area (TPSA) is 46.2 Å². The summed E-state index contributed by atoms with van der Waals surface area (Å²) in [5.74, 6) is 0. The number of hydrogen-bond donors (Lipinski definition) is 0. The lowest BCUT2D eigenvalue weighted by Gasteiger charge is -2.29. The van der Waals surface area contributed by atoms with Crippen molar-refractivity contribution in [3.8, 4) is 0 Å². The van der Waals surface area contributed by atoms with Crippen LogP contribution in [0.15, 0.2) is 12.3 Å². The van der Waals surface area contributed by atoms with E-state index in [1.165, 1.54) is 0 Å². The Hall–Kier alpha value is -0.403. The molecule has 0 spiro atoms. The van der Waals surface area contributed by atoms with E-state index in [0.29, 0.717) is 13.2 Å². The van der Waals surface area contributed by atoms with E-state index in [2.05, 4.69) is 0 Å². The summed E-state index contributed by atoms with van der Waals surface area (Å²) >= 11 is 0. The van der Waals surface area contributed by atoms with Gasteiger partial charge in [-0.25, -0.2) is 0 Å². The quantitative estimate of drug-likeness (QED) is 0.351. The van der Waals surface area contributed by atoms with Crippen LogP contribution in [0.25, 0.3) is 0 Å². The second-order valence-electron chi connectivity index (χ2n) is 3.07. The fraction of sp³-hybridized carbons (Fsp3) is 0.800. The van der Waals surface area contributed by atoms with E-state index in [1.54, 1.807) is 27.6 Å². The van der Waals surface area contributed by atoms with Crippen molar-refractivity contribution in [1.82, 2.24) is 0 Å². The number of ether oxygens (including phenoxy) is 2. The molecular weight excluding hydrogens is 228 g/mol. The zero-order valence-corrected chi connectivity index (χ0v) is 11.7. The zero-order chi connectivity index (χ0) is 12.4. The molecule has 0 rings (SSSR count). The van der Waals surface area contributed by atoms with E-state index in [4.69, 9.17) is 22.8 Å². The Morgan fingerprint density at radius 1 is 1.06 bits per heavy atom. The summed E-state index contributed by atoms with van der Waals surface area (Å²) in [6.45, 7) is 4.73. The summed E-state index contributed by atoms with van der Waals surface area (Å²) in [5, 5.41) is 0. The summed E-state index contributed by atoms with van der Waals surface area (Å²) in [5.41, 5.74) is -0.221. The molecule has 96 valence electrons. The van der Waals surface area contributed by atoms with Crippen molar-refractivity contribution in [2.24, 2.45) is 0 Å². The Morgan fingerprint density at radius 2 is 1.62 bits per heavy atom. The maximum atomic E-state index is 5.55. The SMILES string of the molecule is C/C=C/OCCOC(C)[Si](OC)(OC)OC. The molecule has 0 bridgehead atoms. The Labute approximate surface area is 98.7 Å². The zero-order valence-electron chi connectivity index (χ0n) is 10.7. The molecule has 0 fully saturated rings. The summed E-state index contributed by atoms with van der Waals surface area (Å²) in [7, 11) is 2.01. The lowest BCUT2D eigenvalue weighted by molar-refractivity contribution is 0.00667. The van der Waals surface area contributed by atoms with Crippen LogP contribution in [-0.4, -0.2) is 49.1 Å². The monoisotopic (exact) mass is 250 g/mol. The van der Waals surface area contributed by atoms with E-state index in [-0.39, 0.29) is 5.73 Å². The second kappa shape index (κ2) is 8.71. The van der Waals surface area contributed by atoms with Crippen molar-refractivity contribution >= 4 is 8.80 Å². The fourth-order valence-corrected chi connectivity index (χ4v) is 3.10. The smallest absolute Gasteiger partial charge is 0.499 e. The van der Waals surface area contributed by atoms with Crippen LogP contribution in [0.1, 0.15) is 13.8 Å². The van der Waals surface area contributed by atoms with Crippen LogP contribution in [-0.2, 0) is 22.8 Å². The predicted molar refractivity (Wildman–Crippen MR) is 63.0 cm³/mol. The van der Waals surface area contributed by atoms with Gasteiger partial charge in [-0.1, -0.05) is 6.08 Å². The van der Waals surface area contributed by atoms with E-state index < -0.39 is 8.80 Å². The molecule has 6 heteroatoms. The summed E-state index contributed by atoms with van der Waals surface area (Å²) in [4.78, 5) is 0. The highest BCUT2D eigenvalue weighted by atomic mass is 28.4.